The molecular formula is C15H14FN3O3. The van der Waals surface area contributed by atoms with Crippen LogP contribution in [0.25, 0.3) is 0 Å². The summed E-state index contributed by atoms with van der Waals surface area (Å²) in [7, 11) is 1.65. The lowest BCUT2D eigenvalue weighted by atomic mass is 10.1. The Hall–Kier alpha value is -2.96. The molecular weight excluding hydrogens is 289 g/mol. The summed E-state index contributed by atoms with van der Waals surface area (Å²) < 4.78 is 13.2. The second-order valence-corrected chi connectivity index (χ2v) is 4.81. The molecule has 0 radical (unpaired) electrons. The highest BCUT2D eigenvalue weighted by Crippen LogP contribution is 2.29. The predicted molar refractivity (Wildman–Crippen MR) is 80.1 cm³/mol. The smallest absolute Gasteiger partial charge is 0.293 e. The molecule has 6 nitrogen and oxygen atoms in total. The van der Waals surface area contributed by atoms with Crippen LogP contribution in [-0.4, -0.2) is 17.9 Å². The minimum absolute atomic E-state index is 0.0644. The molecule has 0 saturated carbocycles. The number of hydrogen-bond donors (Lipinski definition) is 1. The molecule has 0 atom stereocenters. The lowest BCUT2D eigenvalue weighted by Crippen LogP contribution is -2.19. The number of nitro benzene ring substituents is 1. The third kappa shape index (κ3) is 3.38. The molecule has 2 N–H and O–H groups in total. The van der Waals surface area contributed by atoms with Gasteiger partial charge in [-0.15, -0.1) is 0 Å². The highest BCUT2D eigenvalue weighted by atomic mass is 19.1. The van der Waals surface area contributed by atoms with Crippen molar-refractivity contribution in [3.8, 4) is 0 Å². The molecule has 22 heavy (non-hydrogen) atoms. The van der Waals surface area contributed by atoms with Crippen LogP contribution in [0.2, 0.25) is 0 Å². The number of nitrogens with two attached hydrogens (primary N) is 1. The first-order valence-electron chi connectivity index (χ1n) is 6.42. The van der Waals surface area contributed by atoms with Crippen molar-refractivity contribution >= 4 is 17.3 Å². The standard InChI is InChI=1S/C15H14FN3O3/c1-18(9-10-3-2-4-12(16)7-10)13-6-5-11(15(17)20)8-14(13)19(21)22/h2-8H,9H2,1H3,(H2,17,20). The lowest BCUT2D eigenvalue weighted by molar-refractivity contribution is -0.384. The summed E-state index contributed by atoms with van der Waals surface area (Å²) in [5.74, 6) is -1.10. The van der Waals surface area contributed by atoms with Crippen LogP contribution in [0.5, 0.6) is 0 Å². The first kappa shape index (κ1) is 15.4. The van der Waals surface area contributed by atoms with Crippen molar-refractivity contribution in [3.63, 3.8) is 0 Å². The molecule has 0 aromatic heterocycles. The van der Waals surface area contributed by atoms with Gasteiger partial charge in [0.2, 0.25) is 5.91 Å². The third-order valence-electron chi connectivity index (χ3n) is 3.18. The lowest BCUT2D eigenvalue weighted by Gasteiger charge is -2.19. The molecule has 0 aliphatic rings. The number of anilines is 1. The number of hydrogen-bond acceptors (Lipinski definition) is 4. The number of amides is 1. The van der Waals surface area contributed by atoms with E-state index >= 15 is 0 Å². The average Bonchev–Trinajstić information content (AvgIpc) is 2.46. The number of nitro groups is 1. The van der Waals surface area contributed by atoms with Crippen LogP contribution < -0.4 is 10.6 Å². The second-order valence-electron chi connectivity index (χ2n) is 4.81. The molecule has 2 rings (SSSR count). The van der Waals surface area contributed by atoms with Gasteiger partial charge in [0.25, 0.3) is 5.69 Å². The Balaban J connectivity index is 2.34. The van der Waals surface area contributed by atoms with E-state index in [1.165, 1.54) is 24.3 Å². The van der Waals surface area contributed by atoms with E-state index in [2.05, 4.69) is 0 Å². The molecule has 0 heterocycles. The molecule has 0 aliphatic carbocycles. The topological polar surface area (TPSA) is 89.5 Å². The molecule has 0 unspecified atom stereocenters. The van der Waals surface area contributed by atoms with Gasteiger partial charge in [-0.2, -0.15) is 0 Å². The summed E-state index contributed by atoms with van der Waals surface area (Å²) in [6.07, 6.45) is 0. The van der Waals surface area contributed by atoms with E-state index in [0.29, 0.717) is 11.3 Å². The third-order valence-corrected chi connectivity index (χ3v) is 3.18. The molecule has 114 valence electrons. The summed E-state index contributed by atoms with van der Waals surface area (Å²) in [5.41, 5.74) is 5.97. The van der Waals surface area contributed by atoms with Crippen molar-refractivity contribution in [2.75, 3.05) is 11.9 Å². The van der Waals surface area contributed by atoms with Crippen molar-refractivity contribution < 1.29 is 14.1 Å². The fourth-order valence-corrected chi connectivity index (χ4v) is 2.14. The zero-order chi connectivity index (χ0) is 16.3. The van der Waals surface area contributed by atoms with Gasteiger partial charge in [-0.05, 0) is 29.8 Å². The van der Waals surface area contributed by atoms with Gasteiger partial charge in [-0.1, -0.05) is 12.1 Å². The summed E-state index contributed by atoms with van der Waals surface area (Å²) in [6.45, 7) is 0.286. The number of carbonyl (C=O) groups excluding carboxylic acids is 1. The molecule has 0 fully saturated rings. The quantitative estimate of drug-likeness (QED) is 0.678. The number of nitrogens with zero attached hydrogens (tertiary/aromatic N) is 2. The maximum atomic E-state index is 13.2. The number of primary amides is 1. The average molecular weight is 303 g/mol. The fraction of sp³-hybridized carbons (Fsp3) is 0.133. The van der Waals surface area contributed by atoms with Crippen LogP contribution >= 0.6 is 0 Å². The molecule has 2 aromatic rings. The van der Waals surface area contributed by atoms with E-state index in [4.69, 9.17) is 5.73 Å². The first-order valence-corrected chi connectivity index (χ1v) is 6.42. The molecule has 7 heteroatoms. The highest BCUT2D eigenvalue weighted by Gasteiger charge is 2.19. The van der Waals surface area contributed by atoms with Gasteiger partial charge in [0.15, 0.2) is 0 Å². The van der Waals surface area contributed by atoms with Gasteiger partial charge in [0.05, 0.1) is 4.92 Å². The van der Waals surface area contributed by atoms with Crippen LogP contribution in [0.3, 0.4) is 0 Å². The van der Waals surface area contributed by atoms with Crippen molar-refractivity contribution in [2.24, 2.45) is 5.73 Å². The van der Waals surface area contributed by atoms with Crippen molar-refractivity contribution in [1.29, 1.82) is 0 Å². The van der Waals surface area contributed by atoms with Gasteiger partial charge in [-0.25, -0.2) is 4.39 Å². The van der Waals surface area contributed by atoms with Crippen LogP contribution in [0.15, 0.2) is 42.5 Å². The maximum Gasteiger partial charge on any atom is 0.293 e. The number of rotatable bonds is 5. The van der Waals surface area contributed by atoms with Gasteiger partial charge < -0.3 is 10.6 Å². The Morgan fingerprint density at radius 3 is 2.64 bits per heavy atom. The fourth-order valence-electron chi connectivity index (χ4n) is 2.14. The molecule has 2 aromatic carbocycles. The van der Waals surface area contributed by atoms with Gasteiger partial charge in [0.1, 0.15) is 11.5 Å². The largest absolute Gasteiger partial charge is 0.366 e. The Bertz CT molecular complexity index is 734. The van der Waals surface area contributed by atoms with E-state index < -0.39 is 10.8 Å². The Kier molecular flexibility index (Phi) is 4.36. The minimum Gasteiger partial charge on any atom is -0.366 e. The van der Waals surface area contributed by atoms with Crippen LogP contribution in [-0.2, 0) is 6.54 Å². The number of carbonyl (C=O) groups is 1. The normalized spacial score (nSPS) is 10.3. The van der Waals surface area contributed by atoms with Crippen molar-refractivity contribution in [2.45, 2.75) is 6.54 Å². The van der Waals surface area contributed by atoms with E-state index in [-0.39, 0.29) is 23.6 Å². The van der Waals surface area contributed by atoms with Gasteiger partial charge >= 0.3 is 0 Å². The summed E-state index contributed by atoms with van der Waals surface area (Å²) >= 11 is 0. The zero-order valence-electron chi connectivity index (χ0n) is 11.8. The molecule has 0 bridgehead atoms. The summed E-state index contributed by atoms with van der Waals surface area (Å²) in [4.78, 5) is 23.3. The number of halogens is 1. The Labute approximate surface area is 126 Å². The molecule has 1 amide bonds. The van der Waals surface area contributed by atoms with Gasteiger partial charge in [-0.3, -0.25) is 14.9 Å². The minimum atomic E-state index is -0.734. The maximum absolute atomic E-state index is 13.2. The monoisotopic (exact) mass is 303 g/mol. The molecule has 0 saturated heterocycles. The van der Waals surface area contributed by atoms with Crippen LogP contribution in [0.4, 0.5) is 15.8 Å². The first-order chi connectivity index (χ1) is 10.4. The van der Waals surface area contributed by atoms with Crippen LogP contribution in [0, 0.1) is 15.9 Å². The number of benzene rings is 2. The van der Waals surface area contributed by atoms with E-state index in [1.54, 1.807) is 24.1 Å². The van der Waals surface area contributed by atoms with E-state index in [1.807, 2.05) is 0 Å². The van der Waals surface area contributed by atoms with Crippen molar-refractivity contribution in [3.05, 3.63) is 69.5 Å². The Morgan fingerprint density at radius 2 is 2.05 bits per heavy atom. The van der Waals surface area contributed by atoms with E-state index in [9.17, 15) is 19.3 Å². The van der Waals surface area contributed by atoms with Gasteiger partial charge in [0, 0.05) is 25.2 Å². The SMILES string of the molecule is CN(Cc1cccc(F)c1)c1ccc(C(N)=O)cc1[N+](=O)[O-]. The second kappa shape index (κ2) is 6.21. The molecule has 0 aliphatic heterocycles. The van der Waals surface area contributed by atoms with Crippen molar-refractivity contribution in [1.82, 2.24) is 0 Å². The predicted octanol–water partition coefficient (Wildman–Crippen LogP) is 2.47. The van der Waals surface area contributed by atoms with E-state index in [0.717, 1.165) is 6.07 Å². The summed E-state index contributed by atoms with van der Waals surface area (Å²) in [6, 6.07) is 10.0. The highest BCUT2D eigenvalue weighted by molar-refractivity contribution is 5.94. The molecule has 0 spiro atoms. The zero-order valence-corrected chi connectivity index (χ0v) is 11.8. The van der Waals surface area contributed by atoms with Crippen LogP contribution in [0.1, 0.15) is 15.9 Å². The summed E-state index contributed by atoms with van der Waals surface area (Å²) in [5, 5.41) is 11.2. The Morgan fingerprint density at radius 1 is 1.32 bits per heavy atom.